The van der Waals surface area contributed by atoms with Crippen molar-refractivity contribution in [3.63, 3.8) is 0 Å². The van der Waals surface area contributed by atoms with Gasteiger partial charge in [0.15, 0.2) is 15.0 Å². The van der Waals surface area contributed by atoms with Crippen LogP contribution in [-0.2, 0) is 27.6 Å². The third kappa shape index (κ3) is 5.58. The molecule has 10 heteroatoms. The molecule has 0 aliphatic heterocycles. The highest BCUT2D eigenvalue weighted by Gasteiger charge is 2.22. The summed E-state index contributed by atoms with van der Waals surface area (Å²) in [6.07, 6.45) is 0.124. The molecule has 4 aromatic rings. The van der Waals surface area contributed by atoms with Gasteiger partial charge in [-0.3, -0.25) is 14.4 Å². The first kappa shape index (κ1) is 25.3. The number of benzene rings is 2. The molecule has 1 amide bonds. The lowest BCUT2D eigenvalue weighted by atomic mass is 10.1. The second-order valence-corrected chi connectivity index (χ2v) is 12.2. The molecule has 0 unspecified atom stereocenters. The number of aromatic nitrogens is 3. The molecule has 0 N–H and O–H groups in total. The van der Waals surface area contributed by atoms with Gasteiger partial charge in [-0.05, 0) is 62.2 Å². The van der Waals surface area contributed by atoms with E-state index in [-0.39, 0.29) is 23.0 Å². The first-order chi connectivity index (χ1) is 16.6. The SMILES string of the molecule is CCS(=O)(=O)c1ccc(CC(=O)N(CCn2nc(C)cc2C)c2nc3c(C)cc(Cl)cc3s2)cc1. The molecular formula is C25H27ClN4O3S2. The van der Waals surface area contributed by atoms with Crippen molar-refractivity contribution < 1.29 is 13.2 Å². The van der Waals surface area contributed by atoms with Crippen molar-refractivity contribution in [3.05, 3.63) is 70.0 Å². The van der Waals surface area contributed by atoms with Crippen molar-refractivity contribution >= 4 is 54.0 Å². The van der Waals surface area contributed by atoms with Gasteiger partial charge in [-0.25, -0.2) is 13.4 Å². The Morgan fingerprint density at radius 2 is 1.83 bits per heavy atom. The number of hydrogen-bond acceptors (Lipinski definition) is 6. The van der Waals surface area contributed by atoms with Crippen molar-refractivity contribution in [1.29, 1.82) is 0 Å². The van der Waals surface area contributed by atoms with Gasteiger partial charge >= 0.3 is 0 Å². The van der Waals surface area contributed by atoms with Gasteiger partial charge in [0, 0.05) is 17.3 Å². The van der Waals surface area contributed by atoms with E-state index in [9.17, 15) is 13.2 Å². The summed E-state index contributed by atoms with van der Waals surface area (Å²) >= 11 is 7.67. The maximum Gasteiger partial charge on any atom is 0.233 e. The summed E-state index contributed by atoms with van der Waals surface area (Å²) in [5.74, 6) is -0.0905. The highest BCUT2D eigenvalue weighted by Crippen LogP contribution is 2.33. The Balaban J connectivity index is 1.63. The van der Waals surface area contributed by atoms with Crippen molar-refractivity contribution in [1.82, 2.24) is 14.8 Å². The lowest BCUT2D eigenvalue weighted by molar-refractivity contribution is -0.118. The van der Waals surface area contributed by atoms with E-state index in [2.05, 4.69) is 5.10 Å². The number of thiazole rings is 1. The summed E-state index contributed by atoms with van der Waals surface area (Å²) in [6.45, 7) is 8.41. The second kappa shape index (κ2) is 10.1. The van der Waals surface area contributed by atoms with Crippen LogP contribution in [0.5, 0.6) is 0 Å². The fraction of sp³-hybridized carbons (Fsp3) is 0.320. The van der Waals surface area contributed by atoms with E-state index in [0.29, 0.717) is 23.2 Å². The average Bonchev–Trinajstić information content (AvgIpc) is 3.36. The van der Waals surface area contributed by atoms with Gasteiger partial charge in [-0.2, -0.15) is 5.10 Å². The van der Waals surface area contributed by atoms with Crippen LogP contribution in [0.2, 0.25) is 5.02 Å². The average molecular weight is 531 g/mol. The number of amides is 1. The van der Waals surface area contributed by atoms with Crippen LogP contribution in [0.1, 0.15) is 29.4 Å². The van der Waals surface area contributed by atoms with E-state index < -0.39 is 9.84 Å². The standard InChI is InChI=1S/C25H27ClN4O3S2/c1-5-35(32,33)21-8-6-19(7-9-21)14-23(31)29(10-11-30-18(4)13-17(3)28-30)25-27-24-16(2)12-20(26)15-22(24)34-25/h6-9,12-13,15H,5,10-11,14H2,1-4H3. The Labute approximate surface area is 214 Å². The predicted octanol–water partition coefficient (Wildman–Crippen LogP) is 5.14. The van der Waals surface area contributed by atoms with Crippen LogP contribution >= 0.6 is 22.9 Å². The second-order valence-electron chi connectivity index (χ2n) is 8.49. The Kier molecular flexibility index (Phi) is 7.30. The maximum absolute atomic E-state index is 13.5. The number of anilines is 1. The Hall–Kier alpha value is -2.75. The Bertz CT molecular complexity index is 1490. The smallest absolute Gasteiger partial charge is 0.233 e. The normalized spacial score (nSPS) is 11.8. The lowest BCUT2D eigenvalue weighted by Crippen LogP contribution is -2.35. The topological polar surface area (TPSA) is 85.2 Å². The highest BCUT2D eigenvalue weighted by molar-refractivity contribution is 7.91. The molecule has 184 valence electrons. The van der Waals surface area contributed by atoms with Crippen LogP contribution in [-0.4, -0.2) is 41.4 Å². The molecule has 7 nitrogen and oxygen atoms in total. The maximum atomic E-state index is 13.5. The summed E-state index contributed by atoms with van der Waals surface area (Å²) in [4.78, 5) is 20.2. The number of carbonyl (C=O) groups excluding carboxylic acids is 1. The van der Waals surface area contributed by atoms with Crippen molar-refractivity contribution in [2.75, 3.05) is 17.2 Å². The number of sulfone groups is 1. The van der Waals surface area contributed by atoms with E-state index in [1.165, 1.54) is 11.3 Å². The van der Waals surface area contributed by atoms with Crippen LogP contribution in [0, 0.1) is 20.8 Å². The van der Waals surface area contributed by atoms with Crippen LogP contribution in [0.25, 0.3) is 10.2 Å². The molecule has 0 aliphatic rings. The van der Waals surface area contributed by atoms with Crippen LogP contribution in [0.4, 0.5) is 5.13 Å². The fourth-order valence-corrected chi connectivity index (χ4v) is 6.28. The number of carbonyl (C=O) groups is 1. The number of aryl methyl sites for hydroxylation is 3. The monoisotopic (exact) mass is 530 g/mol. The van der Waals surface area contributed by atoms with Gasteiger partial charge in [-0.15, -0.1) is 0 Å². The molecule has 35 heavy (non-hydrogen) atoms. The number of hydrogen-bond donors (Lipinski definition) is 0. The molecule has 0 fully saturated rings. The number of nitrogens with zero attached hydrogens (tertiary/aromatic N) is 4. The molecule has 2 heterocycles. The zero-order valence-electron chi connectivity index (χ0n) is 20.1. The molecule has 0 atom stereocenters. The minimum Gasteiger partial charge on any atom is -0.286 e. The van der Waals surface area contributed by atoms with Gasteiger partial charge in [0.2, 0.25) is 5.91 Å². The van der Waals surface area contributed by atoms with Gasteiger partial charge in [0.1, 0.15) is 0 Å². The zero-order chi connectivity index (χ0) is 25.3. The minimum absolute atomic E-state index is 0.0341. The molecule has 0 spiro atoms. The Morgan fingerprint density at radius 3 is 2.46 bits per heavy atom. The summed E-state index contributed by atoms with van der Waals surface area (Å²) in [5.41, 5.74) is 4.46. The molecular weight excluding hydrogens is 504 g/mol. The van der Waals surface area contributed by atoms with E-state index in [0.717, 1.165) is 32.7 Å². The number of rotatable bonds is 8. The van der Waals surface area contributed by atoms with Crippen LogP contribution in [0.15, 0.2) is 47.4 Å². The molecule has 4 rings (SSSR count). The predicted molar refractivity (Wildman–Crippen MR) is 141 cm³/mol. The van der Waals surface area contributed by atoms with Crippen molar-refractivity contribution in [3.8, 4) is 0 Å². The van der Waals surface area contributed by atoms with Crippen LogP contribution in [0.3, 0.4) is 0 Å². The summed E-state index contributed by atoms with van der Waals surface area (Å²) < 4.78 is 27.0. The molecule has 0 saturated carbocycles. The largest absolute Gasteiger partial charge is 0.286 e. The van der Waals surface area contributed by atoms with Gasteiger partial charge in [0.25, 0.3) is 0 Å². The van der Waals surface area contributed by atoms with E-state index in [4.69, 9.17) is 16.6 Å². The van der Waals surface area contributed by atoms with E-state index >= 15 is 0 Å². The molecule has 2 aromatic heterocycles. The number of fused-ring (bicyclic) bond motifs is 1. The van der Waals surface area contributed by atoms with Gasteiger partial charge < -0.3 is 0 Å². The molecule has 0 radical (unpaired) electrons. The highest BCUT2D eigenvalue weighted by atomic mass is 35.5. The summed E-state index contributed by atoms with van der Waals surface area (Å²) in [6, 6.07) is 12.2. The van der Waals surface area contributed by atoms with Crippen molar-refractivity contribution in [2.24, 2.45) is 0 Å². The quantitative estimate of drug-likeness (QED) is 0.315. The fourth-order valence-electron chi connectivity index (χ4n) is 3.93. The zero-order valence-corrected chi connectivity index (χ0v) is 22.5. The van der Waals surface area contributed by atoms with Gasteiger partial charge in [-0.1, -0.05) is 42.0 Å². The first-order valence-electron chi connectivity index (χ1n) is 11.3. The molecule has 0 aliphatic carbocycles. The van der Waals surface area contributed by atoms with Crippen LogP contribution < -0.4 is 4.90 Å². The molecule has 0 bridgehead atoms. The van der Waals surface area contributed by atoms with E-state index in [1.807, 2.05) is 43.7 Å². The van der Waals surface area contributed by atoms with E-state index in [1.54, 1.807) is 36.1 Å². The summed E-state index contributed by atoms with van der Waals surface area (Å²) in [5, 5.41) is 5.75. The Morgan fingerprint density at radius 1 is 1.11 bits per heavy atom. The first-order valence-corrected chi connectivity index (χ1v) is 14.1. The molecule has 2 aromatic carbocycles. The third-order valence-corrected chi connectivity index (χ3v) is 8.82. The third-order valence-electron chi connectivity index (χ3n) is 5.83. The molecule has 0 saturated heterocycles. The van der Waals surface area contributed by atoms with Crippen molar-refractivity contribution in [2.45, 2.75) is 45.6 Å². The number of halogens is 1. The lowest BCUT2D eigenvalue weighted by Gasteiger charge is -2.20. The van der Waals surface area contributed by atoms with Gasteiger partial charge in [0.05, 0.1) is 39.5 Å². The minimum atomic E-state index is -3.29. The summed E-state index contributed by atoms with van der Waals surface area (Å²) in [7, 11) is -3.29.